The van der Waals surface area contributed by atoms with E-state index >= 15 is 0 Å². The monoisotopic (exact) mass is 462 g/mol. The lowest BCUT2D eigenvalue weighted by Crippen LogP contribution is -2.30. The van der Waals surface area contributed by atoms with Crippen LogP contribution in [-0.4, -0.2) is 17.9 Å². The number of alkyl halides is 3. The molecule has 9 heteroatoms. The van der Waals surface area contributed by atoms with Gasteiger partial charge in [0.05, 0.1) is 10.6 Å². The lowest BCUT2D eigenvalue weighted by Gasteiger charge is -2.15. The molecule has 0 aliphatic rings. The van der Waals surface area contributed by atoms with Crippen molar-refractivity contribution in [1.29, 1.82) is 0 Å². The maximum Gasteiger partial charge on any atom is 0.416 e. The summed E-state index contributed by atoms with van der Waals surface area (Å²) in [6.07, 6.45) is -5.34. The Bertz CT molecular complexity index is 1120. The largest absolute Gasteiger partial charge is 0.479 e. The summed E-state index contributed by atoms with van der Waals surface area (Å²) >= 11 is 6.02. The summed E-state index contributed by atoms with van der Waals surface area (Å²) in [4.78, 5) is 24.7. The second-order valence-corrected chi connectivity index (χ2v) is 7.20. The highest BCUT2D eigenvalue weighted by Gasteiger charge is 2.30. The highest BCUT2D eigenvalue weighted by atomic mass is 35.5. The Balaban J connectivity index is 1.60. The highest BCUT2D eigenvalue weighted by Crippen LogP contribution is 2.30. The molecule has 0 radical (unpaired) electrons. The van der Waals surface area contributed by atoms with E-state index in [4.69, 9.17) is 16.3 Å². The van der Waals surface area contributed by atoms with Gasteiger partial charge in [-0.25, -0.2) is 0 Å². The first-order chi connectivity index (χ1) is 15.1. The lowest BCUT2D eigenvalue weighted by molar-refractivity contribution is -0.137. The topological polar surface area (TPSA) is 67.4 Å². The van der Waals surface area contributed by atoms with E-state index in [1.165, 1.54) is 36.4 Å². The molecule has 0 spiro atoms. The quantitative estimate of drug-likeness (QED) is 0.471. The van der Waals surface area contributed by atoms with E-state index in [-0.39, 0.29) is 11.3 Å². The van der Waals surface area contributed by atoms with Crippen LogP contribution in [0.25, 0.3) is 0 Å². The van der Waals surface area contributed by atoms with Crippen LogP contribution in [0.1, 0.15) is 22.8 Å². The molecule has 0 fully saturated rings. The van der Waals surface area contributed by atoms with Gasteiger partial charge in [0.1, 0.15) is 5.75 Å². The van der Waals surface area contributed by atoms with Gasteiger partial charge in [-0.05, 0) is 61.5 Å². The molecule has 5 nitrogen and oxygen atoms in total. The second-order valence-electron chi connectivity index (χ2n) is 6.79. The number of nitrogens with one attached hydrogen (secondary N) is 2. The third-order valence-corrected chi connectivity index (χ3v) is 4.68. The molecule has 3 rings (SSSR count). The summed E-state index contributed by atoms with van der Waals surface area (Å²) in [5, 5.41) is 5.46. The normalized spacial score (nSPS) is 12.0. The smallest absolute Gasteiger partial charge is 0.416 e. The number of amides is 2. The van der Waals surface area contributed by atoms with Crippen LogP contribution in [0.3, 0.4) is 0 Å². The van der Waals surface area contributed by atoms with E-state index in [1.54, 1.807) is 31.2 Å². The van der Waals surface area contributed by atoms with Gasteiger partial charge in [-0.15, -0.1) is 0 Å². The highest BCUT2D eigenvalue weighted by molar-refractivity contribution is 6.32. The van der Waals surface area contributed by atoms with E-state index in [9.17, 15) is 22.8 Å². The summed E-state index contributed by atoms with van der Waals surface area (Å²) in [5.41, 5.74) is -0.213. The number of para-hydroxylation sites is 1. The van der Waals surface area contributed by atoms with Crippen LogP contribution in [0, 0.1) is 0 Å². The van der Waals surface area contributed by atoms with Gasteiger partial charge in [0.2, 0.25) is 0 Å². The molecule has 32 heavy (non-hydrogen) atoms. The Hall–Kier alpha value is -3.52. The standard InChI is InChI=1S/C23H18ClF3N2O3/c1-14(32-20-8-3-2-7-19(20)24)21(30)28-17-11-9-15(10-12-17)22(31)29-18-6-4-5-16(13-18)23(25,26)27/h2-14H,1H3,(H,28,30)(H,29,31). The number of benzene rings is 3. The van der Waals surface area contributed by atoms with Crippen molar-refractivity contribution in [2.75, 3.05) is 10.6 Å². The molecule has 0 saturated carbocycles. The SMILES string of the molecule is CC(Oc1ccccc1Cl)C(=O)Nc1ccc(C(=O)Nc2cccc(C(F)(F)F)c2)cc1. The van der Waals surface area contributed by atoms with Gasteiger partial charge < -0.3 is 15.4 Å². The summed E-state index contributed by atoms with van der Waals surface area (Å²) in [7, 11) is 0. The van der Waals surface area contributed by atoms with Crippen LogP contribution in [0.15, 0.2) is 72.8 Å². The fourth-order valence-corrected chi connectivity index (χ4v) is 2.89. The fraction of sp³-hybridized carbons (Fsp3) is 0.130. The minimum Gasteiger partial charge on any atom is -0.479 e. The van der Waals surface area contributed by atoms with Gasteiger partial charge in [0.15, 0.2) is 6.10 Å². The Morgan fingerprint density at radius 2 is 1.59 bits per heavy atom. The van der Waals surface area contributed by atoms with E-state index in [0.717, 1.165) is 12.1 Å². The molecule has 0 bridgehead atoms. The number of carbonyl (C=O) groups is 2. The number of hydrogen-bond acceptors (Lipinski definition) is 3. The molecule has 0 aliphatic carbocycles. The molecular formula is C23H18ClF3N2O3. The van der Waals surface area contributed by atoms with Crippen molar-refractivity contribution in [1.82, 2.24) is 0 Å². The third-order valence-electron chi connectivity index (χ3n) is 4.37. The van der Waals surface area contributed by atoms with Crippen LogP contribution >= 0.6 is 11.6 Å². The van der Waals surface area contributed by atoms with Crippen LogP contribution in [0.5, 0.6) is 5.75 Å². The van der Waals surface area contributed by atoms with Crippen molar-refractivity contribution in [2.24, 2.45) is 0 Å². The van der Waals surface area contributed by atoms with E-state index < -0.39 is 29.7 Å². The summed E-state index contributed by atoms with van der Waals surface area (Å²) in [6, 6.07) is 17.0. The number of hydrogen-bond donors (Lipinski definition) is 2. The van der Waals surface area contributed by atoms with Gasteiger partial charge >= 0.3 is 6.18 Å². The van der Waals surface area contributed by atoms with E-state index in [0.29, 0.717) is 16.5 Å². The van der Waals surface area contributed by atoms with Gasteiger partial charge in [-0.3, -0.25) is 9.59 Å². The molecular weight excluding hydrogens is 445 g/mol. The molecule has 1 atom stereocenters. The fourth-order valence-electron chi connectivity index (χ4n) is 2.71. The average Bonchev–Trinajstić information content (AvgIpc) is 2.75. The Morgan fingerprint density at radius 1 is 0.906 bits per heavy atom. The molecule has 1 unspecified atom stereocenters. The minimum atomic E-state index is -4.51. The van der Waals surface area contributed by atoms with Crippen molar-refractivity contribution in [3.63, 3.8) is 0 Å². The average molecular weight is 463 g/mol. The van der Waals surface area contributed by atoms with E-state index in [1.807, 2.05) is 0 Å². The molecule has 3 aromatic rings. The maximum absolute atomic E-state index is 12.8. The van der Waals surface area contributed by atoms with Crippen LogP contribution in [-0.2, 0) is 11.0 Å². The summed E-state index contributed by atoms with van der Waals surface area (Å²) in [5.74, 6) is -0.637. The zero-order chi connectivity index (χ0) is 23.3. The zero-order valence-electron chi connectivity index (χ0n) is 16.7. The lowest BCUT2D eigenvalue weighted by atomic mass is 10.1. The van der Waals surface area contributed by atoms with Gasteiger partial charge in [0.25, 0.3) is 11.8 Å². The van der Waals surface area contributed by atoms with Crippen molar-refractivity contribution >= 4 is 34.8 Å². The predicted molar refractivity (Wildman–Crippen MR) is 116 cm³/mol. The number of halogens is 4. The van der Waals surface area contributed by atoms with Crippen LogP contribution in [0.4, 0.5) is 24.5 Å². The number of ether oxygens (including phenoxy) is 1. The molecule has 0 heterocycles. The zero-order valence-corrected chi connectivity index (χ0v) is 17.5. The third kappa shape index (κ3) is 6.01. The Kier molecular flexibility index (Phi) is 7.05. The number of rotatable bonds is 6. The molecule has 2 N–H and O–H groups in total. The first-order valence-corrected chi connectivity index (χ1v) is 9.82. The number of carbonyl (C=O) groups excluding carboxylic acids is 2. The van der Waals surface area contributed by atoms with Crippen molar-refractivity contribution < 1.29 is 27.5 Å². The second kappa shape index (κ2) is 9.74. The first-order valence-electron chi connectivity index (χ1n) is 9.44. The Morgan fingerprint density at radius 3 is 2.25 bits per heavy atom. The van der Waals surface area contributed by atoms with Crippen molar-refractivity contribution in [2.45, 2.75) is 19.2 Å². The molecule has 166 valence electrons. The molecule has 0 aliphatic heterocycles. The van der Waals surface area contributed by atoms with Gasteiger partial charge in [0, 0.05) is 16.9 Å². The summed E-state index contributed by atoms with van der Waals surface area (Å²) < 4.78 is 44.0. The summed E-state index contributed by atoms with van der Waals surface area (Å²) in [6.45, 7) is 1.57. The van der Waals surface area contributed by atoms with Crippen LogP contribution in [0.2, 0.25) is 5.02 Å². The molecule has 2 amide bonds. The van der Waals surface area contributed by atoms with Gasteiger partial charge in [-0.2, -0.15) is 13.2 Å². The van der Waals surface area contributed by atoms with Crippen molar-refractivity contribution in [3.05, 3.63) is 88.9 Å². The van der Waals surface area contributed by atoms with Gasteiger partial charge in [-0.1, -0.05) is 29.8 Å². The molecule has 3 aromatic carbocycles. The Labute approximate surface area is 187 Å². The predicted octanol–water partition coefficient (Wildman–Crippen LogP) is 6.02. The van der Waals surface area contributed by atoms with E-state index in [2.05, 4.69) is 10.6 Å². The number of anilines is 2. The molecule has 0 saturated heterocycles. The van der Waals surface area contributed by atoms with Crippen molar-refractivity contribution in [3.8, 4) is 5.75 Å². The van der Waals surface area contributed by atoms with Crippen LogP contribution < -0.4 is 15.4 Å². The first kappa shape index (κ1) is 23.1. The molecule has 0 aromatic heterocycles. The minimum absolute atomic E-state index is 0.0211. The maximum atomic E-state index is 12.8.